The second-order valence-corrected chi connectivity index (χ2v) is 4.85. The van der Waals surface area contributed by atoms with Crippen molar-refractivity contribution in [3.63, 3.8) is 0 Å². The molecule has 1 amide bonds. The molecule has 1 N–H and O–H groups in total. The second kappa shape index (κ2) is 9.46. The molecule has 0 bridgehead atoms. The smallest absolute Gasteiger partial charge is 0.226 e. The van der Waals surface area contributed by atoms with Crippen LogP contribution < -0.4 is 5.32 Å². The lowest BCUT2D eigenvalue weighted by atomic mass is 10.1. The summed E-state index contributed by atoms with van der Waals surface area (Å²) in [7, 11) is 0. The van der Waals surface area contributed by atoms with Crippen molar-refractivity contribution in [2.75, 3.05) is 19.6 Å². The van der Waals surface area contributed by atoms with Gasteiger partial charge in [-0.15, -0.1) is 0 Å². The van der Waals surface area contributed by atoms with Crippen molar-refractivity contribution in [2.24, 2.45) is 5.92 Å². The van der Waals surface area contributed by atoms with Crippen molar-refractivity contribution in [1.82, 2.24) is 10.2 Å². The Kier molecular flexibility index (Phi) is 9.14. The first-order valence-corrected chi connectivity index (χ1v) is 7.09. The number of rotatable bonds is 9. The first kappa shape index (κ1) is 16.4. The molecule has 0 aliphatic heterocycles. The third-order valence-corrected chi connectivity index (χ3v) is 3.28. The van der Waals surface area contributed by atoms with E-state index in [0.29, 0.717) is 11.9 Å². The predicted molar refractivity (Wildman–Crippen MR) is 74.1 cm³/mol. The van der Waals surface area contributed by atoms with Crippen LogP contribution in [0.2, 0.25) is 0 Å². The van der Waals surface area contributed by atoms with Gasteiger partial charge < -0.3 is 10.2 Å². The molecule has 0 spiro atoms. The second-order valence-electron chi connectivity index (χ2n) is 4.85. The summed E-state index contributed by atoms with van der Waals surface area (Å²) in [5, 5.41) is 3.25. The largest absolute Gasteiger partial charge is 0.340 e. The Labute approximate surface area is 107 Å². The van der Waals surface area contributed by atoms with Crippen LogP contribution in [0.25, 0.3) is 0 Å². The summed E-state index contributed by atoms with van der Waals surface area (Å²) in [6.07, 6.45) is 3.27. The molecule has 102 valence electrons. The predicted octanol–water partition coefficient (Wildman–Crippen LogP) is 2.66. The normalized spacial score (nSPS) is 14.4. The number of hydrogen-bond acceptors (Lipinski definition) is 2. The van der Waals surface area contributed by atoms with E-state index in [2.05, 4.69) is 37.9 Å². The third kappa shape index (κ3) is 6.06. The monoisotopic (exact) mass is 242 g/mol. The highest BCUT2D eigenvalue weighted by molar-refractivity contribution is 5.79. The molecule has 0 aliphatic carbocycles. The Balaban J connectivity index is 4.39. The summed E-state index contributed by atoms with van der Waals surface area (Å²) < 4.78 is 0. The van der Waals surface area contributed by atoms with Gasteiger partial charge in [0.05, 0.1) is 0 Å². The van der Waals surface area contributed by atoms with Crippen molar-refractivity contribution in [2.45, 2.75) is 59.9 Å². The number of carbonyl (C=O) groups excluding carboxylic acids is 1. The number of amides is 1. The molecule has 0 fully saturated rings. The molecule has 2 unspecified atom stereocenters. The van der Waals surface area contributed by atoms with Crippen LogP contribution >= 0.6 is 0 Å². The molecule has 0 aromatic carbocycles. The summed E-state index contributed by atoms with van der Waals surface area (Å²) in [4.78, 5) is 14.4. The first-order valence-electron chi connectivity index (χ1n) is 7.09. The van der Waals surface area contributed by atoms with Crippen molar-refractivity contribution >= 4 is 5.91 Å². The first-order chi connectivity index (χ1) is 8.08. The molecule has 17 heavy (non-hydrogen) atoms. The molecule has 0 heterocycles. The van der Waals surface area contributed by atoms with Crippen molar-refractivity contribution in [1.29, 1.82) is 0 Å². The highest BCUT2D eigenvalue weighted by Crippen LogP contribution is 2.11. The van der Waals surface area contributed by atoms with E-state index in [4.69, 9.17) is 0 Å². The molecule has 0 rings (SSSR count). The van der Waals surface area contributed by atoms with Crippen molar-refractivity contribution < 1.29 is 4.79 Å². The number of nitrogens with one attached hydrogen (secondary N) is 1. The fraction of sp³-hybridized carbons (Fsp3) is 0.929. The van der Waals surface area contributed by atoms with Crippen molar-refractivity contribution in [3.8, 4) is 0 Å². The maximum atomic E-state index is 12.3. The Hall–Kier alpha value is -0.570. The fourth-order valence-electron chi connectivity index (χ4n) is 1.83. The van der Waals surface area contributed by atoms with E-state index in [-0.39, 0.29) is 5.92 Å². The summed E-state index contributed by atoms with van der Waals surface area (Å²) in [5.74, 6) is 0.384. The zero-order valence-corrected chi connectivity index (χ0v) is 12.3. The SMILES string of the molecule is CCCCN(C(=O)C(C)CNCC)C(C)CC. The van der Waals surface area contributed by atoms with Crippen LogP contribution in [-0.2, 0) is 4.79 Å². The van der Waals surface area contributed by atoms with E-state index in [1.165, 1.54) is 0 Å². The van der Waals surface area contributed by atoms with Gasteiger partial charge >= 0.3 is 0 Å². The minimum Gasteiger partial charge on any atom is -0.340 e. The van der Waals surface area contributed by atoms with Gasteiger partial charge in [0.1, 0.15) is 0 Å². The minimum atomic E-state index is 0.0841. The number of hydrogen-bond donors (Lipinski definition) is 1. The van der Waals surface area contributed by atoms with Gasteiger partial charge in [-0.2, -0.15) is 0 Å². The molecule has 0 aromatic heterocycles. The third-order valence-electron chi connectivity index (χ3n) is 3.28. The minimum absolute atomic E-state index is 0.0841. The van der Waals surface area contributed by atoms with E-state index in [1.807, 2.05) is 6.92 Å². The van der Waals surface area contributed by atoms with Crippen LogP contribution in [0.1, 0.15) is 53.9 Å². The maximum absolute atomic E-state index is 12.3. The van der Waals surface area contributed by atoms with Gasteiger partial charge in [-0.25, -0.2) is 0 Å². The fourth-order valence-corrected chi connectivity index (χ4v) is 1.83. The maximum Gasteiger partial charge on any atom is 0.226 e. The molecular formula is C14H30N2O. The topological polar surface area (TPSA) is 32.3 Å². The lowest BCUT2D eigenvalue weighted by Gasteiger charge is -2.31. The number of nitrogens with zero attached hydrogens (tertiary/aromatic N) is 1. The van der Waals surface area contributed by atoms with Gasteiger partial charge in [0.2, 0.25) is 5.91 Å². The molecule has 0 radical (unpaired) electrons. The summed E-state index contributed by atoms with van der Waals surface area (Å²) in [5.41, 5.74) is 0. The van der Waals surface area contributed by atoms with E-state index in [1.54, 1.807) is 0 Å². The zero-order chi connectivity index (χ0) is 13.3. The van der Waals surface area contributed by atoms with Crippen LogP contribution in [0.5, 0.6) is 0 Å². The zero-order valence-electron chi connectivity index (χ0n) is 12.3. The summed E-state index contributed by atoms with van der Waals surface area (Å²) in [6.45, 7) is 13.2. The highest BCUT2D eigenvalue weighted by atomic mass is 16.2. The van der Waals surface area contributed by atoms with Crippen molar-refractivity contribution in [3.05, 3.63) is 0 Å². The average Bonchev–Trinajstić information content (AvgIpc) is 2.35. The molecule has 0 saturated heterocycles. The van der Waals surface area contributed by atoms with E-state index in [9.17, 15) is 4.79 Å². The number of unbranched alkanes of at least 4 members (excludes halogenated alkanes) is 1. The summed E-state index contributed by atoms with van der Waals surface area (Å²) >= 11 is 0. The van der Waals surface area contributed by atoms with Gasteiger partial charge in [0.15, 0.2) is 0 Å². The van der Waals surface area contributed by atoms with Gasteiger partial charge in [-0.1, -0.05) is 34.1 Å². The van der Waals surface area contributed by atoms with Crippen LogP contribution in [-0.4, -0.2) is 36.5 Å². The Bertz CT molecular complexity index is 206. The van der Waals surface area contributed by atoms with E-state index < -0.39 is 0 Å². The molecular weight excluding hydrogens is 212 g/mol. The average molecular weight is 242 g/mol. The van der Waals surface area contributed by atoms with Crippen LogP contribution in [0.3, 0.4) is 0 Å². The molecule has 2 atom stereocenters. The van der Waals surface area contributed by atoms with E-state index >= 15 is 0 Å². The van der Waals surface area contributed by atoms with Gasteiger partial charge in [-0.05, 0) is 26.3 Å². The highest BCUT2D eigenvalue weighted by Gasteiger charge is 2.22. The molecule has 3 heteroatoms. The van der Waals surface area contributed by atoms with Gasteiger partial charge in [-0.3, -0.25) is 4.79 Å². The standard InChI is InChI=1S/C14H30N2O/c1-6-9-10-16(13(5)7-2)14(17)12(4)11-15-8-3/h12-13,15H,6-11H2,1-5H3. The molecule has 0 aromatic rings. The van der Waals surface area contributed by atoms with E-state index in [0.717, 1.165) is 38.9 Å². The van der Waals surface area contributed by atoms with Crippen LogP contribution in [0, 0.1) is 5.92 Å². The van der Waals surface area contributed by atoms with Gasteiger partial charge in [0, 0.05) is 25.0 Å². The van der Waals surface area contributed by atoms with Crippen LogP contribution in [0.4, 0.5) is 0 Å². The quantitative estimate of drug-likeness (QED) is 0.674. The molecule has 3 nitrogen and oxygen atoms in total. The Morgan fingerprint density at radius 1 is 1.24 bits per heavy atom. The lowest BCUT2D eigenvalue weighted by molar-refractivity contribution is -0.137. The summed E-state index contributed by atoms with van der Waals surface area (Å²) in [6, 6.07) is 0.359. The Morgan fingerprint density at radius 2 is 1.88 bits per heavy atom. The molecule has 0 saturated carbocycles. The molecule has 0 aliphatic rings. The lowest BCUT2D eigenvalue weighted by Crippen LogP contribution is -2.44. The van der Waals surface area contributed by atoms with Crippen LogP contribution in [0.15, 0.2) is 0 Å². The van der Waals surface area contributed by atoms with Gasteiger partial charge in [0.25, 0.3) is 0 Å². The Morgan fingerprint density at radius 3 is 2.35 bits per heavy atom. The number of carbonyl (C=O) groups is 1.